The number of nitro groups is 1. The molecule has 1 heterocycles. The summed E-state index contributed by atoms with van der Waals surface area (Å²) < 4.78 is 9.90. The first kappa shape index (κ1) is 14.6. The van der Waals surface area contributed by atoms with E-state index in [1.807, 2.05) is 18.2 Å². The van der Waals surface area contributed by atoms with Crippen molar-refractivity contribution in [2.24, 2.45) is 0 Å². The van der Waals surface area contributed by atoms with Crippen LogP contribution in [0.15, 0.2) is 55.1 Å². The molecule has 5 heteroatoms. The van der Waals surface area contributed by atoms with E-state index in [0.717, 1.165) is 12.4 Å². The first-order valence-electron chi connectivity index (χ1n) is 6.31. The number of fused-ring (bicyclic) bond motifs is 1. The van der Waals surface area contributed by atoms with Gasteiger partial charge in [0.25, 0.3) is 5.69 Å². The van der Waals surface area contributed by atoms with E-state index in [9.17, 15) is 10.1 Å². The Balaban J connectivity index is 0.000000170. The van der Waals surface area contributed by atoms with Crippen LogP contribution in [0.3, 0.4) is 0 Å². The highest BCUT2D eigenvalue weighted by molar-refractivity contribution is 5.66. The van der Waals surface area contributed by atoms with Crippen LogP contribution in [-0.2, 0) is 11.3 Å². The van der Waals surface area contributed by atoms with E-state index >= 15 is 0 Å². The Morgan fingerprint density at radius 3 is 2.38 bits per heavy atom. The van der Waals surface area contributed by atoms with Crippen molar-refractivity contribution >= 4 is 11.4 Å². The number of rotatable bonds is 3. The summed E-state index contributed by atoms with van der Waals surface area (Å²) in [6.07, 6.45) is 0. The Bertz CT molecular complexity index is 644. The van der Waals surface area contributed by atoms with Gasteiger partial charge >= 0.3 is 0 Å². The molecule has 0 spiro atoms. The predicted octanol–water partition coefficient (Wildman–Crippen LogP) is 3.79. The van der Waals surface area contributed by atoms with Gasteiger partial charge in [-0.1, -0.05) is 36.9 Å². The van der Waals surface area contributed by atoms with Crippen molar-refractivity contribution in [2.75, 3.05) is 7.11 Å². The second-order valence-corrected chi connectivity index (χ2v) is 4.30. The highest BCUT2D eigenvalue weighted by Gasteiger charge is 2.14. The third-order valence-corrected chi connectivity index (χ3v) is 3.00. The fourth-order valence-electron chi connectivity index (χ4n) is 1.82. The number of ether oxygens (including phenoxy) is 2. The van der Waals surface area contributed by atoms with Crippen LogP contribution in [0.25, 0.3) is 5.76 Å². The van der Waals surface area contributed by atoms with Crippen molar-refractivity contribution in [3.05, 3.63) is 76.4 Å². The van der Waals surface area contributed by atoms with E-state index < -0.39 is 4.92 Å². The number of hydrogen-bond donors (Lipinski definition) is 0. The SMILES string of the molecule is C=C(OC)c1ccccc1[N+](=O)[O-].c1ccc2c(c1)CO2. The molecular weight excluding hydrogens is 270 g/mol. The number of nitrogens with zero attached hydrogens (tertiary/aromatic N) is 1. The van der Waals surface area contributed by atoms with Crippen molar-refractivity contribution in [1.29, 1.82) is 0 Å². The minimum absolute atomic E-state index is 0.00866. The lowest BCUT2D eigenvalue weighted by molar-refractivity contribution is -0.385. The zero-order chi connectivity index (χ0) is 15.2. The highest BCUT2D eigenvalue weighted by Crippen LogP contribution is 2.27. The number of hydrogen-bond acceptors (Lipinski definition) is 4. The molecule has 0 aliphatic carbocycles. The lowest BCUT2D eigenvalue weighted by atomic mass is 10.1. The van der Waals surface area contributed by atoms with E-state index in [1.165, 1.54) is 18.7 Å². The Morgan fingerprint density at radius 2 is 1.90 bits per heavy atom. The average Bonchev–Trinajstić information content (AvgIpc) is 2.48. The summed E-state index contributed by atoms with van der Waals surface area (Å²) in [4.78, 5) is 10.1. The van der Waals surface area contributed by atoms with E-state index in [0.29, 0.717) is 11.3 Å². The van der Waals surface area contributed by atoms with E-state index in [2.05, 4.69) is 12.6 Å². The predicted molar refractivity (Wildman–Crippen MR) is 79.9 cm³/mol. The molecule has 0 aromatic heterocycles. The Morgan fingerprint density at radius 1 is 1.24 bits per heavy atom. The molecule has 0 saturated heterocycles. The molecule has 0 atom stereocenters. The Kier molecular flexibility index (Phi) is 4.56. The van der Waals surface area contributed by atoms with Crippen molar-refractivity contribution < 1.29 is 14.4 Å². The van der Waals surface area contributed by atoms with Crippen molar-refractivity contribution in [2.45, 2.75) is 6.61 Å². The second kappa shape index (κ2) is 6.56. The van der Waals surface area contributed by atoms with Crippen LogP contribution in [-0.4, -0.2) is 12.0 Å². The van der Waals surface area contributed by atoms with Crippen molar-refractivity contribution in [3.8, 4) is 5.75 Å². The first-order chi connectivity index (χ1) is 10.1. The van der Waals surface area contributed by atoms with Gasteiger partial charge in [0.15, 0.2) is 0 Å². The number of methoxy groups -OCH3 is 1. The summed E-state index contributed by atoms with van der Waals surface area (Å²) >= 11 is 0. The standard InChI is InChI=1S/C9H9NO3.C7H6O/c1-7(13-2)8-5-3-4-6-9(8)10(11)12;1-2-4-7-6(3-1)5-8-7/h3-6H,1H2,2H3;1-4H,5H2. The van der Waals surface area contributed by atoms with Gasteiger partial charge in [-0.2, -0.15) is 0 Å². The molecule has 2 aromatic carbocycles. The van der Waals surface area contributed by atoms with Gasteiger partial charge in [-0.15, -0.1) is 0 Å². The van der Waals surface area contributed by atoms with Gasteiger partial charge in [-0.25, -0.2) is 0 Å². The van der Waals surface area contributed by atoms with E-state index in [1.54, 1.807) is 18.2 Å². The molecule has 1 aliphatic rings. The molecule has 2 aromatic rings. The number of para-hydroxylation sites is 2. The van der Waals surface area contributed by atoms with Crippen LogP contribution in [0.2, 0.25) is 0 Å². The van der Waals surface area contributed by atoms with Gasteiger partial charge < -0.3 is 9.47 Å². The van der Waals surface area contributed by atoms with E-state index in [-0.39, 0.29) is 5.69 Å². The van der Waals surface area contributed by atoms with Crippen LogP contribution >= 0.6 is 0 Å². The summed E-state index contributed by atoms with van der Waals surface area (Å²) in [7, 11) is 1.43. The van der Waals surface area contributed by atoms with Crippen LogP contribution in [0.5, 0.6) is 5.75 Å². The fraction of sp³-hybridized carbons (Fsp3) is 0.125. The topological polar surface area (TPSA) is 61.6 Å². The molecule has 0 saturated carbocycles. The van der Waals surface area contributed by atoms with Gasteiger partial charge in [0.05, 0.1) is 17.6 Å². The molecular formula is C16H15NO4. The maximum atomic E-state index is 10.6. The largest absolute Gasteiger partial charge is 0.496 e. The third kappa shape index (κ3) is 3.39. The number of benzene rings is 2. The quantitative estimate of drug-likeness (QED) is 0.489. The summed E-state index contributed by atoms with van der Waals surface area (Å²) in [5.74, 6) is 1.35. The summed E-state index contributed by atoms with van der Waals surface area (Å²) in [5, 5.41) is 10.6. The molecule has 0 fully saturated rings. The van der Waals surface area contributed by atoms with Gasteiger partial charge in [0.2, 0.25) is 0 Å². The van der Waals surface area contributed by atoms with Crippen molar-refractivity contribution in [3.63, 3.8) is 0 Å². The lowest BCUT2D eigenvalue weighted by Crippen LogP contribution is -2.07. The molecule has 0 amide bonds. The molecule has 1 aliphatic heterocycles. The monoisotopic (exact) mass is 285 g/mol. The lowest BCUT2D eigenvalue weighted by Gasteiger charge is -2.18. The summed E-state index contributed by atoms with van der Waals surface area (Å²) in [6, 6.07) is 14.4. The van der Waals surface area contributed by atoms with Gasteiger partial charge in [0, 0.05) is 11.6 Å². The van der Waals surface area contributed by atoms with Crippen molar-refractivity contribution in [1.82, 2.24) is 0 Å². The molecule has 0 N–H and O–H groups in total. The van der Waals surface area contributed by atoms with E-state index in [4.69, 9.17) is 9.47 Å². The maximum Gasteiger partial charge on any atom is 0.280 e. The van der Waals surface area contributed by atoms with Crippen LogP contribution in [0, 0.1) is 10.1 Å². The molecule has 3 rings (SSSR count). The fourth-order valence-corrected chi connectivity index (χ4v) is 1.82. The minimum atomic E-state index is -0.459. The Hall–Kier alpha value is -2.82. The zero-order valence-corrected chi connectivity index (χ0v) is 11.6. The second-order valence-electron chi connectivity index (χ2n) is 4.30. The van der Waals surface area contributed by atoms with Crippen LogP contribution < -0.4 is 4.74 Å². The third-order valence-electron chi connectivity index (χ3n) is 3.00. The summed E-state index contributed by atoms with van der Waals surface area (Å²) in [5.41, 5.74) is 1.75. The normalized spacial score (nSPS) is 10.9. The molecule has 0 radical (unpaired) electrons. The highest BCUT2D eigenvalue weighted by atomic mass is 16.6. The van der Waals surface area contributed by atoms with Gasteiger partial charge in [-0.05, 0) is 12.1 Å². The maximum absolute atomic E-state index is 10.6. The molecule has 108 valence electrons. The molecule has 21 heavy (non-hydrogen) atoms. The van der Waals surface area contributed by atoms with Crippen LogP contribution in [0.4, 0.5) is 5.69 Å². The molecule has 0 unspecified atom stereocenters. The molecule has 0 bridgehead atoms. The summed E-state index contributed by atoms with van der Waals surface area (Å²) in [6.45, 7) is 4.36. The van der Waals surface area contributed by atoms with Gasteiger partial charge in [-0.3, -0.25) is 10.1 Å². The zero-order valence-electron chi connectivity index (χ0n) is 11.6. The molecule has 5 nitrogen and oxygen atoms in total. The number of nitro benzene ring substituents is 1. The first-order valence-corrected chi connectivity index (χ1v) is 6.31. The average molecular weight is 285 g/mol. The Labute approximate surface area is 122 Å². The smallest absolute Gasteiger partial charge is 0.280 e. The minimum Gasteiger partial charge on any atom is -0.496 e. The van der Waals surface area contributed by atoms with Gasteiger partial charge in [0.1, 0.15) is 18.1 Å². The van der Waals surface area contributed by atoms with Crippen LogP contribution in [0.1, 0.15) is 11.1 Å².